The molecule has 49 heavy (non-hydrogen) atoms. The number of nitrogens with zero attached hydrogens (tertiary/aromatic N) is 2. The maximum absolute atomic E-state index is 14.3. The van der Waals surface area contributed by atoms with Crippen molar-refractivity contribution >= 4 is 52.8 Å². The molecule has 0 unspecified atom stereocenters. The fourth-order valence-corrected chi connectivity index (χ4v) is 4.78. The van der Waals surface area contributed by atoms with E-state index < -0.39 is 35.7 Å². The van der Waals surface area contributed by atoms with Crippen molar-refractivity contribution in [2.24, 2.45) is 0 Å². The van der Waals surface area contributed by atoms with Crippen LogP contribution in [0.4, 0.5) is 38.5 Å². The van der Waals surface area contributed by atoms with E-state index in [0.29, 0.717) is 18.0 Å². The highest BCUT2D eigenvalue weighted by atomic mass is 35.5. The molecule has 0 saturated carbocycles. The van der Waals surface area contributed by atoms with E-state index in [-0.39, 0.29) is 46.0 Å². The zero-order valence-corrected chi connectivity index (χ0v) is 26.9. The molecule has 2 amide bonds. The largest absolute Gasteiger partial charge is 0.461 e. The molecule has 0 bridgehead atoms. The Morgan fingerprint density at radius 3 is 2.02 bits per heavy atom. The minimum atomic E-state index is -4.47. The Balaban J connectivity index is 0.00000541. The Kier molecular flexibility index (Phi) is 11.2. The van der Waals surface area contributed by atoms with Gasteiger partial charge in [0.05, 0.1) is 28.0 Å². The third-order valence-electron chi connectivity index (χ3n) is 6.99. The Morgan fingerprint density at radius 2 is 1.43 bits per heavy atom. The predicted octanol–water partition coefficient (Wildman–Crippen LogP) is 8.78. The van der Waals surface area contributed by atoms with E-state index in [1.165, 1.54) is 61.5 Å². The fraction of sp³-hybridized carbons (Fsp3) is 0.147. The van der Waals surface area contributed by atoms with E-state index in [4.69, 9.17) is 14.5 Å². The second-order valence-electron chi connectivity index (χ2n) is 10.8. The Hall–Kier alpha value is -5.60. The fourth-order valence-electron chi connectivity index (χ4n) is 4.78. The number of halogens is 5. The molecule has 0 atom stereocenters. The van der Waals surface area contributed by atoms with Gasteiger partial charge in [0.25, 0.3) is 0 Å². The van der Waals surface area contributed by atoms with Gasteiger partial charge in [-0.15, -0.1) is 12.4 Å². The lowest BCUT2D eigenvalue weighted by molar-refractivity contribution is -0.182. The van der Waals surface area contributed by atoms with Crippen LogP contribution in [0.3, 0.4) is 0 Å². The minimum absolute atomic E-state index is 0. The quantitative estimate of drug-likeness (QED) is 0.0992. The molecule has 0 aliphatic heterocycles. The minimum Gasteiger partial charge on any atom is -0.457 e. The van der Waals surface area contributed by atoms with Crippen LogP contribution in [-0.4, -0.2) is 41.7 Å². The van der Waals surface area contributed by atoms with Crippen molar-refractivity contribution in [3.8, 4) is 11.5 Å². The number of alkyl halides is 3. The Bertz CT molecular complexity index is 1960. The van der Waals surface area contributed by atoms with Crippen molar-refractivity contribution in [2.75, 3.05) is 24.7 Å². The van der Waals surface area contributed by atoms with E-state index in [9.17, 15) is 31.9 Å². The lowest BCUT2D eigenvalue weighted by atomic mass is 10.1. The molecular formula is C34H29ClF4N4O6. The molecule has 0 aliphatic rings. The highest BCUT2D eigenvalue weighted by Gasteiger charge is 2.30. The van der Waals surface area contributed by atoms with Gasteiger partial charge in [0.1, 0.15) is 17.3 Å². The maximum Gasteiger partial charge on any atom is 0.461 e. The highest BCUT2D eigenvalue weighted by molar-refractivity contribution is 6.09. The van der Waals surface area contributed by atoms with Gasteiger partial charge in [-0.05, 0) is 105 Å². The van der Waals surface area contributed by atoms with Gasteiger partial charge in [-0.1, -0.05) is 12.1 Å². The first kappa shape index (κ1) is 36.2. The number of fused-ring (bicyclic) bond motifs is 1. The summed E-state index contributed by atoms with van der Waals surface area (Å²) in [4.78, 5) is 50.1. The molecule has 15 heteroatoms. The summed E-state index contributed by atoms with van der Waals surface area (Å²) in [7, 11) is 3.81. The second-order valence-corrected chi connectivity index (χ2v) is 10.8. The number of nitrogens with one attached hydrogen (secondary N) is 2. The number of aromatic nitrogens is 1. The molecular weight excluding hydrogens is 672 g/mol. The second kappa shape index (κ2) is 15.1. The summed E-state index contributed by atoms with van der Waals surface area (Å²) in [6, 6.07) is 19.5. The standard InChI is InChI=1S/C34H28F4N4O6.ClH/c1-20-30(40-32(44)39-25-11-15-27(16-12-25)46-26-13-8-23(9-14-26)34(36,37)38)28-18-24(35)10-17-29(28)42(20)33(45)48-47-31(43)22-6-4-21(5-7-22)19-41(2)3;/h4-18H,19H2,1-3H3,(H2,39,40,44);1H. The molecule has 0 spiro atoms. The number of carbonyl (C=O) groups is 3. The van der Waals surface area contributed by atoms with Gasteiger partial charge in [-0.3, -0.25) is 0 Å². The summed E-state index contributed by atoms with van der Waals surface area (Å²) in [5.41, 5.74) is 1.04. The van der Waals surface area contributed by atoms with E-state index in [1.54, 1.807) is 12.1 Å². The molecule has 5 aromatic rings. The Morgan fingerprint density at radius 1 is 0.816 bits per heavy atom. The SMILES string of the molecule is Cc1c(NC(=O)Nc2ccc(Oc3ccc(C(F)(F)F)cc3)cc2)c2cc(F)ccc2n1C(=O)OOC(=O)c1ccc(CN(C)C)cc1.Cl. The van der Waals surface area contributed by atoms with Crippen LogP contribution in [0.5, 0.6) is 11.5 Å². The zero-order chi connectivity index (χ0) is 34.6. The van der Waals surface area contributed by atoms with Crippen LogP contribution in [0.15, 0.2) is 91.0 Å². The van der Waals surface area contributed by atoms with Gasteiger partial charge < -0.3 is 20.3 Å². The van der Waals surface area contributed by atoms with E-state index in [1.807, 2.05) is 19.0 Å². The van der Waals surface area contributed by atoms with E-state index in [2.05, 4.69) is 10.6 Å². The van der Waals surface area contributed by atoms with Crippen molar-refractivity contribution < 1.29 is 46.5 Å². The monoisotopic (exact) mass is 700 g/mol. The number of hydrogen-bond donors (Lipinski definition) is 2. The normalized spacial score (nSPS) is 11.1. The first-order chi connectivity index (χ1) is 22.8. The van der Waals surface area contributed by atoms with E-state index >= 15 is 0 Å². The van der Waals surface area contributed by atoms with Gasteiger partial charge in [0.15, 0.2) is 0 Å². The first-order valence-electron chi connectivity index (χ1n) is 14.3. The number of rotatable bonds is 7. The van der Waals surface area contributed by atoms with Crippen LogP contribution in [0.2, 0.25) is 0 Å². The molecule has 1 aromatic heterocycles. The molecule has 0 fully saturated rings. The number of carbonyl (C=O) groups excluding carboxylic acids is 3. The van der Waals surface area contributed by atoms with Gasteiger partial charge in [-0.25, -0.2) is 33.1 Å². The van der Waals surface area contributed by atoms with Gasteiger partial charge in [0.2, 0.25) is 0 Å². The number of amides is 2. The van der Waals surface area contributed by atoms with Crippen LogP contribution in [0.1, 0.15) is 27.2 Å². The van der Waals surface area contributed by atoms with Crippen LogP contribution in [0.25, 0.3) is 10.9 Å². The van der Waals surface area contributed by atoms with E-state index in [0.717, 1.165) is 34.4 Å². The lowest BCUT2D eigenvalue weighted by Gasteiger charge is -2.11. The predicted molar refractivity (Wildman–Crippen MR) is 176 cm³/mol. The van der Waals surface area contributed by atoms with Gasteiger partial charge in [0, 0.05) is 17.6 Å². The zero-order valence-electron chi connectivity index (χ0n) is 26.1. The average molecular weight is 701 g/mol. The molecule has 4 aromatic carbocycles. The summed E-state index contributed by atoms with van der Waals surface area (Å²) in [6.45, 7) is 2.14. The molecule has 2 N–H and O–H groups in total. The number of urea groups is 1. The maximum atomic E-state index is 14.3. The topological polar surface area (TPSA) is 111 Å². The van der Waals surface area contributed by atoms with Crippen LogP contribution in [-0.2, 0) is 22.5 Å². The molecule has 1 heterocycles. The molecule has 0 saturated heterocycles. The number of ether oxygens (including phenoxy) is 1. The summed E-state index contributed by atoms with van der Waals surface area (Å²) in [6.07, 6.45) is -5.58. The smallest absolute Gasteiger partial charge is 0.457 e. The molecule has 0 aliphatic carbocycles. The third kappa shape index (κ3) is 8.86. The lowest BCUT2D eigenvalue weighted by Crippen LogP contribution is -2.21. The van der Waals surface area contributed by atoms with Crippen molar-refractivity contribution in [3.63, 3.8) is 0 Å². The Labute approximate surface area is 283 Å². The van der Waals surface area contributed by atoms with Gasteiger partial charge >= 0.3 is 24.3 Å². The summed E-state index contributed by atoms with van der Waals surface area (Å²) >= 11 is 0. The summed E-state index contributed by atoms with van der Waals surface area (Å²) in [5, 5.41) is 5.38. The molecule has 10 nitrogen and oxygen atoms in total. The van der Waals surface area contributed by atoms with Crippen molar-refractivity contribution in [2.45, 2.75) is 19.6 Å². The van der Waals surface area contributed by atoms with Crippen molar-refractivity contribution in [3.05, 3.63) is 119 Å². The molecule has 0 radical (unpaired) electrons. The van der Waals surface area contributed by atoms with Crippen LogP contribution < -0.4 is 15.4 Å². The first-order valence-corrected chi connectivity index (χ1v) is 14.3. The van der Waals surface area contributed by atoms with Crippen LogP contribution in [0, 0.1) is 12.7 Å². The molecule has 256 valence electrons. The number of benzene rings is 4. The molecule has 5 rings (SSSR count). The average Bonchev–Trinajstić information content (AvgIpc) is 3.30. The summed E-state index contributed by atoms with van der Waals surface area (Å²) < 4.78 is 59.2. The van der Waals surface area contributed by atoms with Crippen molar-refractivity contribution in [1.82, 2.24) is 9.47 Å². The van der Waals surface area contributed by atoms with Gasteiger partial charge in [-0.2, -0.15) is 13.2 Å². The number of hydrogen-bond acceptors (Lipinski definition) is 7. The van der Waals surface area contributed by atoms with Crippen molar-refractivity contribution in [1.29, 1.82) is 0 Å². The summed E-state index contributed by atoms with van der Waals surface area (Å²) in [5.74, 6) is -1.06. The van der Waals surface area contributed by atoms with Crippen LogP contribution >= 0.6 is 12.4 Å². The third-order valence-corrected chi connectivity index (χ3v) is 6.99. The number of anilines is 2. The highest BCUT2D eigenvalue weighted by Crippen LogP contribution is 2.33.